The molecule has 6 heteroatoms. The lowest BCUT2D eigenvalue weighted by molar-refractivity contribution is -0.385. The van der Waals surface area contributed by atoms with Crippen molar-refractivity contribution in [2.75, 3.05) is 6.54 Å². The van der Waals surface area contributed by atoms with E-state index in [9.17, 15) is 14.9 Å². The van der Waals surface area contributed by atoms with E-state index in [1.54, 1.807) is 18.2 Å². The highest BCUT2D eigenvalue weighted by atomic mass is 16.6. The molecule has 1 aliphatic rings. The van der Waals surface area contributed by atoms with E-state index in [4.69, 9.17) is 5.11 Å². The summed E-state index contributed by atoms with van der Waals surface area (Å²) in [6.45, 7) is 0.429. The molecule has 1 unspecified atom stereocenters. The number of nitro benzene ring substituents is 1. The van der Waals surface area contributed by atoms with Crippen molar-refractivity contribution in [1.82, 2.24) is 5.32 Å². The van der Waals surface area contributed by atoms with Gasteiger partial charge in [-0.15, -0.1) is 0 Å². The number of nitrogens with zero attached hydrogens (tertiary/aromatic N) is 1. The van der Waals surface area contributed by atoms with Crippen molar-refractivity contribution in [3.05, 3.63) is 39.9 Å². The summed E-state index contributed by atoms with van der Waals surface area (Å²) in [6.07, 6.45) is 2.33. The van der Waals surface area contributed by atoms with Gasteiger partial charge in [-0.25, -0.2) is 0 Å². The molecule has 2 rings (SSSR count). The smallest absolute Gasteiger partial charge is 0.320 e. The maximum atomic E-state index is 11.0. The molecule has 1 aromatic rings. The zero-order chi connectivity index (χ0) is 13.8. The minimum absolute atomic E-state index is 0.0857. The summed E-state index contributed by atoms with van der Waals surface area (Å²) in [5.74, 6) is -0.631. The first-order valence-corrected chi connectivity index (χ1v) is 6.28. The van der Waals surface area contributed by atoms with Crippen LogP contribution in [0.5, 0.6) is 0 Å². The molecule has 1 aromatic carbocycles. The van der Waals surface area contributed by atoms with Crippen LogP contribution in [0, 0.1) is 16.0 Å². The summed E-state index contributed by atoms with van der Waals surface area (Å²) in [6, 6.07) is 6.01. The Hall–Kier alpha value is -1.95. The Morgan fingerprint density at radius 3 is 2.74 bits per heavy atom. The number of carbonyl (C=O) groups is 1. The Bertz CT molecular complexity index is 485. The minimum Gasteiger partial charge on any atom is -0.480 e. The fourth-order valence-corrected chi connectivity index (χ4v) is 2.15. The van der Waals surface area contributed by atoms with Crippen LogP contribution < -0.4 is 5.32 Å². The predicted molar refractivity (Wildman–Crippen MR) is 69.0 cm³/mol. The topological polar surface area (TPSA) is 92.5 Å². The van der Waals surface area contributed by atoms with Gasteiger partial charge in [0, 0.05) is 18.2 Å². The summed E-state index contributed by atoms with van der Waals surface area (Å²) < 4.78 is 0. The second-order valence-electron chi connectivity index (χ2n) is 4.74. The largest absolute Gasteiger partial charge is 0.480 e. The maximum Gasteiger partial charge on any atom is 0.320 e. The highest BCUT2D eigenvalue weighted by Gasteiger charge is 2.35. The highest BCUT2D eigenvalue weighted by molar-refractivity contribution is 5.74. The van der Waals surface area contributed by atoms with Crippen molar-refractivity contribution in [3.63, 3.8) is 0 Å². The first kappa shape index (κ1) is 13.5. The summed E-state index contributed by atoms with van der Waals surface area (Å²) >= 11 is 0. The van der Waals surface area contributed by atoms with Gasteiger partial charge in [0.25, 0.3) is 5.69 Å². The van der Waals surface area contributed by atoms with Crippen LogP contribution in [-0.2, 0) is 11.2 Å². The third kappa shape index (κ3) is 3.51. The Kier molecular flexibility index (Phi) is 4.11. The number of benzene rings is 1. The molecule has 0 heterocycles. The van der Waals surface area contributed by atoms with Crippen LogP contribution >= 0.6 is 0 Å². The molecule has 6 nitrogen and oxygen atoms in total. The molecule has 0 aliphatic heterocycles. The van der Waals surface area contributed by atoms with Gasteiger partial charge >= 0.3 is 5.97 Å². The fraction of sp³-hybridized carbons (Fsp3) is 0.462. The second kappa shape index (κ2) is 5.79. The summed E-state index contributed by atoms with van der Waals surface area (Å²) in [5.41, 5.74) is 0.711. The SMILES string of the molecule is O=C(O)C(NCCc1ccccc1[N+](=O)[O-])C1CC1. The average Bonchev–Trinajstić information content (AvgIpc) is 3.18. The normalized spacial score (nSPS) is 16.0. The number of carboxylic acids is 1. The minimum atomic E-state index is -0.843. The monoisotopic (exact) mass is 264 g/mol. The molecule has 0 amide bonds. The quantitative estimate of drug-likeness (QED) is 0.576. The van der Waals surface area contributed by atoms with Gasteiger partial charge in [-0.05, 0) is 25.2 Å². The summed E-state index contributed by atoms with van der Waals surface area (Å²) in [4.78, 5) is 21.5. The third-order valence-electron chi connectivity index (χ3n) is 3.31. The number of hydrogen-bond donors (Lipinski definition) is 2. The predicted octanol–water partition coefficient (Wildman–Crippen LogP) is 1.59. The average molecular weight is 264 g/mol. The van der Waals surface area contributed by atoms with Crippen molar-refractivity contribution >= 4 is 11.7 Å². The molecule has 0 aromatic heterocycles. The summed E-state index contributed by atoms with van der Waals surface area (Å²) in [5, 5.41) is 22.9. The number of nitro groups is 1. The molecule has 102 valence electrons. The molecule has 1 atom stereocenters. The van der Waals surface area contributed by atoms with E-state index in [0.717, 1.165) is 12.8 Å². The van der Waals surface area contributed by atoms with E-state index < -0.39 is 16.9 Å². The van der Waals surface area contributed by atoms with Crippen molar-refractivity contribution in [3.8, 4) is 0 Å². The number of aliphatic carboxylic acids is 1. The molecule has 0 spiro atoms. The molecule has 1 fully saturated rings. The van der Waals surface area contributed by atoms with Gasteiger partial charge in [-0.3, -0.25) is 14.9 Å². The first-order valence-electron chi connectivity index (χ1n) is 6.28. The zero-order valence-electron chi connectivity index (χ0n) is 10.4. The standard InChI is InChI=1S/C13H16N2O4/c16-13(17)12(10-5-6-10)14-8-7-9-3-1-2-4-11(9)15(18)19/h1-4,10,12,14H,5-8H2,(H,16,17). The van der Waals surface area contributed by atoms with Gasteiger partial charge in [0.1, 0.15) is 6.04 Å². The van der Waals surface area contributed by atoms with Crippen molar-refractivity contribution in [2.45, 2.75) is 25.3 Å². The van der Waals surface area contributed by atoms with Gasteiger partial charge in [-0.2, -0.15) is 0 Å². The highest BCUT2D eigenvalue weighted by Crippen LogP contribution is 2.32. The number of para-hydroxylation sites is 1. The van der Waals surface area contributed by atoms with Gasteiger partial charge < -0.3 is 10.4 Å². The first-order chi connectivity index (χ1) is 9.09. The van der Waals surface area contributed by atoms with Crippen molar-refractivity contribution in [1.29, 1.82) is 0 Å². The summed E-state index contributed by atoms with van der Waals surface area (Å²) in [7, 11) is 0. The maximum absolute atomic E-state index is 11.0. The van der Waals surface area contributed by atoms with E-state index in [1.165, 1.54) is 6.07 Å². The molecule has 2 N–H and O–H groups in total. The van der Waals surface area contributed by atoms with Crippen LogP contribution in [0.2, 0.25) is 0 Å². The molecule has 19 heavy (non-hydrogen) atoms. The van der Waals surface area contributed by atoms with Crippen molar-refractivity contribution in [2.24, 2.45) is 5.92 Å². The molecule has 1 saturated carbocycles. The lowest BCUT2D eigenvalue weighted by atomic mass is 10.1. The number of rotatable bonds is 7. The number of nitrogens with one attached hydrogen (secondary N) is 1. The van der Waals surface area contributed by atoms with E-state index >= 15 is 0 Å². The number of carboxylic acid groups (broad SMARTS) is 1. The van der Waals surface area contributed by atoms with Crippen LogP contribution in [0.4, 0.5) is 5.69 Å². The third-order valence-corrected chi connectivity index (χ3v) is 3.31. The van der Waals surface area contributed by atoms with Gasteiger partial charge in [0.15, 0.2) is 0 Å². The fourth-order valence-electron chi connectivity index (χ4n) is 2.15. The van der Waals surface area contributed by atoms with Gasteiger partial charge in [0.2, 0.25) is 0 Å². The molecule has 0 radical (unpaired) electrons. The van der Waals surface area contributed by atoms with Gasteiger partial charge in [0.05, 0.1) is 4.92 Å². The van der Waals surface area contributed by atoms with Crippen LogP contribution in [0.25, 0.3) is 0 Å². The lowest BCUT2D eigenvalue weighted by Gasteiger charge is -2.13. The van der Waals surface area contributed by atoms with Crippen LogP contribution in [-0.4, -0.2) is 28.6 Å². The zero-order valence-corrected chi connectivity index (χ0v) is 10.4. The number of hydrogen-bond acceptors (Lipinski definition) is 4. The Labute approximate surface area is 110 Å². The molecular weight excluding hydrogens is 248 g/mol. The Balaban J connectivity index is 1.91. The van der Waals surface area contributed by atoms with Crippen LogP contribution in [0.15, 0.2) is 24.3 Å². The van der Waals surface area contributed by atoms with Gasteiger partial charge in [-0.1, -0.05) is 18.2 Å². The Morgan fingerprint density at radius 1 is 1.47 bits per heavy atom. The van der Waals surface area contributed by atoms with E-state index in [0.29, 0.717) is 18.5 Å². The molecular formula is C13H16N2O4. The van der Waals surface area contributed by atoms with Crippen LogP contribution in [0.3, 0.4) is 0 Å². The van der Waals surface area contributed by atoms with E-state index in [-0.39, 0.29) is 11.6 Å². The van der Waals surface area contributed by atoms with Crippen molar-refractivity contribution < 1.29 is 14.8 Å². The van der Waals surface area contributed by atoms with Crippen LogP contribution in [0.1, 0.15) is 18.4 Å². The van der Waals surface area contributed by atoms with E-state index in [1.807, 2.05) is 0 Å². The Morgan fingerprint density at radius 2 is 2.16 bits per heavy atom. The molecule has 0 bridgehead atoms. The lowest BCUT2D eigenvalue weighted by Crippen LogP contribution is -2.39. The molecule has 1 aliphatic carbocycles. The van der Waals surface area contributed by atoms with E-state index in [2.05, 4.69) is 5.32 Å². The molecule has 0 saturated heterocycles. The second-order valence-corrected chi connectivity index (χ2v) is 4.74.